The molecular weight excluding hydrogens is 288 g/mol. The molecule has 0 saturated heterocycles. The molecule has 1 rings (SSSR count). The molecular formula is C15H20N2O5. The van der Waals surface area contributed by atoms with E-state index in [0.717, 1.165) is 6.42 Å². The van der Waals surface area contributed by atoms with Gasteiger partial charge in [-0.25, -0.2) is 9.59 Å². The number of esters is 1. The summed E-state index contributed by atoms with van der Waals surface area (Å²) in [5.74, 6) is -0.959. The lowest BCUT2D eigenvalue weighted by Crippen LogP contribution is -2.41. The number of hydrogen-bond acceptors (Lipinski definition) is 5. The van der Waals surface area contributed by atoms with Gasteiger partial charge in [-0.3, -0.25) is 10.1 Å². The lowest BCUT2D eigenvalue weighted by atomic mass is 10.1. The van der Waals surface area contributed by atoms with Gasteiger partial charge in [0.15, 0.2) is 6.61 Å². The summed E-state index contributed by atoms with van der Waals surface area (Å²) in [7, 11) is 0. The highest BCUT2D eigenvalue weighted by Gasteiger charge is 2.12. The molecule has 0 aliphatic heterocycles. The zero-order valence-corrected chi connectivity index (χ0v) is 12.6. The molecule has 0 bridgehead atoms. The molecule has 0 aliphatic carbocycles. The number of carbonyl (C=O) groups is 3. The summed E-state index contributed by atoms with van der Waals surface area (Å²) >= 11 is 0. The maximum absolute atomic E-state index is 11.6. The second-order valence-electron chi connectivity index (χ2n) is 5.11. The predicted octanol–water partition coefficient (Wildman–Crippen LogP) is 1.42. The van der Waals surface area contributed by atoms with E-state index in [4.69, 9.17) is 9.84 Å². The highest BCUT2D eigenvalue weighted by molar-refractivity contribution is 5.97. The topological polar surface area (TPSA) is 105 Å². The number of benzene rings is 1. The summed E-state index contributed by atoms with van der Waals surface area (Å²) in [6, 6.07) is 4.78. The third-order valence-corrected chi connectivity index (χ3v) is 2.70. The van der Waals surface area contributed by atoms with E-state index in [0.29, 0.717) is 12.5 Å². The Balaban J connectivity index is 2.29. The van der Waals surface area contributed by atoms with Crippen molar-refractivity contribution in [3.63, 3.8) is 0 Å². The number of nitrogens with one attached hydrogen (secondary N) is 2. The Morgan fingerprint density at radius 1 is 1.18 bits per heavy atom. The maximum Gasteiger partial charge on any atom is 0.338 e. The summed E-state index contributed by atoms with van der Waals surface area (Å²) in [4.78, 5) is 34.4. The molecule has 0 saturated carbocycles. The van der Waals surface area contributed by atoms with Crippen LogP contribution in [0.1, 0.15) is 30.6 Å². The van der Waals surface area contributed by atoms with Crippen LogP contribution in [0.3, 0.4) is 0 Å². The molecule has 0 unspecified atom stereocenters. The van der Waals surface area contributed by atoms with Gasteiger partial charge in [0.2, 0.25) is 0 Å². The Morgan fingerprint density at radius 2 is 1.82 bits per heavy atom. The lowest BCUT2D eigenvalue weighted by Gasteiger charge is -2.08. The minimum atomic E-state index is -0.714. The second kappa shape index (κ2) is 8.66. The highest BCUT2D eigenvalue weighted by atomic mass is 16.5. The largest absolute Gasteiger partial charge is 0.508 e. The van der Waals surface area contributed by atoms with Crippen LogP contribution in [0.5, 0.6) is 5.75 Å². The average Bonchev–Trinajstić information content (AvgIpc) is 2.45. The first-order valence-corrected chi connectivity index (χ1v) is 6.92. The number of phenolic OH excluding ortho intramolecular Hbond substituents is 1. The van der Waals surface area contributed by atoms with Crippen molar-refractivity contribution in [2.45, 2.75) is 20.3 Å². The Morgan fingerprint density at radius 3 is 2.41 bits per heavy atom. The number of phenols is 1. The van der Waals surface area contributed by atoms with E-state index in [1.165, 1.54) is 24.3 Å². The van der Waals surface area contributed by atoms with Crippen molar-refractivity contribution in [3.8, 4) is 5.75 Å². The van der Waals surface area contributed by atoms with Crippen molar-refractivity contribution in [1.82, 2.24) is 10.6 Å². The van der Waals surface area contributed by atoms with Crippen LogP contribution in [0.2, 0.25) is 0 Å². The van der Waals surface area contributed by atoms with Gasteiger partial charge in [0.25, 0.3) is 5.91 Å². The molecule has 22 heavy (non-hydrogen) atoms. The smallest absolute Gasteiger partial charge is 0.338 e. The van der Waals surface area contributed by atoms with Crippen molar-refractivity contribution in [3.05, 3.63) is 29.8 Å². The Labute approximate surface area is 128 Å². The van der Waals surface area contributed by atoms with Gasteiger partial charge in [-0.15, -0.1) is 0 Å². The molecule has 3 N–H and O–H groups in total. The number of rotatable bonds is 6. The van der Waals surface area contributed by atoms with E-state index in [2.05, 4.69) is 10.6 Å². The van der Waals surface area contributed by atoms with Crippen molar-refractivity contribution in [1.29, 1.82) is 0 Å². The lowest BCUT2D eigenvalue weighted by molar-refractivity contribution is -0.123. The fraction of sp³-hybridized carbons (Fsp3) is 0.400. The molecule has 0 radical (unpaired) electrons. The van der Waals surface area contributed by atoms with Gasteiger partial charge in [-0.2, -0.15) is 0 Å². The van der Waals surface area contributed by atoms with Crippen LogP contribution in [-0.2, 0) is 9.53 Å². The first-order chi connectivity index (χ1) is 10.4. The number of imide groups is 1. The molecule has 0 spiro atoms. The van der Waals surface area contributed by atoms with Gasteiger partial charge in [-0.05, 0) is 36.6 Å². The third kappa shape index (κ3) is 6.74. The SMILES string of the molecule is CC(C)CCNC(=O)NC(=O)COC(=O)c1ccc(O)cc1. The quantitative estimate of drug-likeness (QED) is 0.689. The average molecular weight is 308 g/mol. The van der Waals surface area contributed by atoms with Crippen molar-refractivity contribution in [2.75, 3.05) is 13.2 Å². The number of hydrogen-bond donors (Lipinski definition) is 3. The minimum absolute atomic E-state index is 0.0207. The van der Waals surface area contributed by atoms with Gasteiger partial charge in [-0.1, -0.05) is 13.8 Å². The standard InChI is InChI=1S/C15H20N2O5/c1-10(2)7-8-16-15(21)17-13(19)9-22-14(20)11-3-5-12(18)6-4-11/h3-6,10,18H,7-9H2,1-2H3,(H2,16,17,19,21). The number of amides is 3. The van der Waals surface area contributed by atoms with Gasteiger partial charge in [0.1, 0.15) is 5.75 Å². The van der Waals surface area contributed by atoms with Crippen LogP contribution < -0.4 is 10.6 Å². The summed E-state index contributed by atoms with van der Waals surface area (Å²) in [6.45, 7) is 3.95. The third-order valence-electron chi connectivity index (χ3n) is 2.70. The van der Waals surface area contributed by atoms with Crippen LogP contribution in [0.25, 0.3) is 0 Å². The number of ether oxygens (including phenoxy) is 1. The fourth-order valence-corrected chi connectivity index (χ4v) is 1.49. The van der Waals surface area contributed by atoms with Crippen LogP contribution in [0.4, 0.5) is 4.79 Å². The van der Waals surface area contributed by atoms with Crippen molar-refractivity contribution >= 4 is 17.9 Å². The zero-order valence-electron chi connectivity index (χ0n) is 12.6. The summed E-state index contributed by atoms with van der Waals surface area (Å²) < 4.78 is 4.76. The summed E-state index contributed by atoms with van der Waals surface area (Å²) in [5, 5.41) is 13.7. The number of aromatic hydroxyl groups is 1. The normalized spacial score (nSPS) is 10.1. The van der Waals surface area contributed by atoms with Gasteiger partial charge in [0, 0.05) is 6.54 Å². The van der Waals surface area contributed by atoms with Crippen molar-refractivity contribution in [2.24, 2.45) is 5.92 Å². The summed E-state index contributed by atoms with van der Waals surface area (Å²) in [5.41, 5.74) is 0.201. The molecule has 0 atom stereocenters. The first kappa shape index (κ1) is 17.5. The molecule has 0 aromatic heterocycles. The van der Waals surface area contributed by atoms with Crippen LogP contribution in [0, 0.1) is 5.92 Å². The van der Waals surface area contributed by atoms with E-state index >= 15 is 0 Å². The van der Waals surface area contributed by atoms with E-state index in [-0.39, 0.29) is 11.3 Å². The molecule has 1 aromatic rings. The van der Waals surface area contributed by atoms with Crippen LogP contribution >= 0.6 is 0 Å². The summed E-state index contributed by atoms with van der Waals surface area (Å²) in [6.07, 6.45) is 0.803. The Hall–Kier alpha value is -2.57. The molecule has 7 heteroatoms. The predicted molar refractivity (Wildman–Crippen MR) is 79.4 cm³/mol. The maximum atomic E-state index is 11.6. The van der Waals surface area contributed by atoms with E-state index in [1.807, 2.05) is 13.8 Å². The van der Waals surface area contributed by atoms with Crippen LogP contribution in [0.15, 0.2) is 24.3 Å². The highest BCUT2D eigenvalue weighted by Crippen LogP contribution is 2.10. The Bertz CT molecular complexity index is 525. The van der Waals surface area contributed by atoms with E-state index < -0.39 is 24.5 Å². The minimum Gasteiger partial charge on any atom is -0.508 e. The zero-order chi connectivity index (χ0) is 16.5. The second-order valence-corrected chi connectivity index (χ2v) is 5.11. The molecule has 0 aliphatic rings. The molecule has 1 aromatic carbocycles. The number of urea groups is 1. The van der Waals surface area contributed by atoms with Gasteiger partial charge < -0.3 is 15.2 Å². The first-order valence-electron chi connectivity index (χ1n) is 6.92. The van der Waals surface area contributed by atoms with Crippen molar-refractivity contribution < 1.29 is 24.2 Å². The molecule has 3 amide bonds. The number of carbonyl (C=O) groups excluding carboxylic acids is 3. The van der Waals surface area contributed by atoms with E-state index in [9.17, 15) is 14.4 Å². The Kier molecular flexibility index (Phi) is 6.88. The molecule has 0 fully saturated rings. The molecule has 0 heterocycles. The molecule has 7 nitrogen and oxygen atoms in total. The van der Waals surface area contributed by atoms with Crippen LogP contribution in [-0.4, -0.2) is 36.2 Å². The van der Waals surface area contributed by atoms with E-state index in [1.54, 1.807) is 0 Å². The monoisotopic (exact) mass is 308 g/mol. The molecule has 120 valence electrons. The van der Waals surface area contributed by atoms with Gasteiger partial charge in [0.05, 0.1) is 5.56 Å². The van der Waals surface area contributed by atoms with Gasteiger partial charge >= 0.3 is 12.0 Å². The fourth-order valence-electron chi connectivity index (χ4n) is 1.49.